The first-order valence-corrected chi connectivity index (χ1v) is 6.09. The highest BCUT2D eigenvalue weighted by molar-refractivity contribution is 6.31. The van der Waals surface area contributed by atoms with Gasteiger partial charge in [-0.05, 0) is 12.1 Å². The van der Waals surface area contributed by atoms with Gasteiger partial charge in [0.25, 0.3) is 0 Å². The van der Waals surface area contributed by atoms with Crippen molar-refractivity contribution >= 4 is 17.4 Å². The van der Waals surface area contributed by atoms with Gasteiger partial charge in [0, 0.05) is 27.3 Å². The van der Waals surface area contributed by atoms with Crippen molar-refractivity contribution in [3.8, 4) is 0 Å². The molecule has 6 heteroatoms. The van der Waals surface area contributed by atoms with E-state index >= 15 is 0 Å². The van der Waals surface area contributed by atoms with E-state index in [0.717, 1.165) is 5.82 Å². The van der Waals surface area contributed by atoms with Gasteiger partial charge in [-0.2, -0.15) is 0 Å². The SMILES string of the molecule is COCCN(CCOC)c1ccc(Cl)c(CO)n1. The molecule has 1 aromatic heterocycles. The van der Waals surface area contributed by atoms with Crippen LogP contribution >= 0.6 is 11.6 Å². The molecule has 0 atom stereocenters. The van der Waals surface area contributed by atoms with Gasteiger partial charge in [-0.1, -0.05) is 11.6 Å². The number of aromatic nitrogens is 1. The molecule has 102 valence electrons. The van der Waals surface area contributed by atoms with Gasteiger partial charge in [0.05, 0.1) is 30.5 Å². The fourth-order valence-electron chi connectivity index (χ4n) is 1.50. The molecule has 0 spiro atoms. The number of halogens is 1. The highest BCUT2D eigenvalue weighted by Gasteiger charge is 2.10. The summed E-state index contributed by atoms with van der Waals surface area (Å²) in [6.45, 7) is 2.44. The van der Waals surface area contributed by atoms with Gasteiger partial charge >= 0.3 is 0 Å². The first-order valence-electron chi connectivity index (χ1n) is 5.72. The Kier molecular flexibility index (Phi) is 6.97. The molecule has 0 aliphatic rings. The molecule has 5 nitrogen and oxygen atoms in total. The predicted octanol–water partition coefficient (Wildman–Crippen LogP) is 1.33. The summed E-state index contributed by atoms with van der Waals surface area (Å²) in [6.07, 6.45) is 0. The highest BCUT2D eigenvalue weighted by Crippen LogP contribution is 2.19. The predicted molar refractivity (Wildman–Crippen MR) is 71.1 cm³/mol. The third kappa shape index (κ3) is 4.42. The second kappa shape index (κ2) is 8.26. The van der Waals surface area contributed by atoms with E-state index in [1.54, 1.807) is 20.3 Å². The molecular formula is C12H19ClN2O3. The lowest BCUT2D eigenvalue weighted by Gasteiger charge is -2.23. The maximum absolute atomic E-state index is 9.16. The van der Waals surface area contributed by atoms with Gasteiger partial charge < -0.3 is 19.5 Å². The van der Waals surface area contributed by atoms with Crippen molar-refractivity contribution < 1.29 is 14.6 Å². The molecule has 0 fully saturated rings. The number of methoxy groups -OCH3 is 2. The Morgan fingerprint density at radius 1 is 1.22 bits per heavy atom. The second-order valence-corrected chi connectivity index (χ2v) is 4.14. The summed E-state index contributed by atoms with van der Waals surface area (Å²) in [5.74, 6) is 0.762. The van der Waals surface area contributed by atoms with Crippen LogP contribution in [0.3, 0.4) is 0 Å². The molecule has 0 saturated heterocycles. The lowest BCUT2D eigenvalue weighted by Crippen LogP contribution is -2.31. The largest absolute Gasteiger partial charge is 0.390 e. The van der Waals surface area contributed by atoms with E-state index in [1.165, 1.54) is 0 Å². The van der Waals surface area contributed by atoms with Crippen LogP contribution in [0, 0.1) is 0 Å². The number of nitrogens with zero attached hydrogens (tertiary/aromatic N) is 2. The fourth-order valence-corrected chi connectivity index (χ4v) is 1.67. The van der Waals surface area contributed by atoms with Crippen molar-refractivity contribution in [3.63, 3.8) is 0 Å². The molecule has 0 amide bonds. The minimum absolute atomic E-state index is 0.172. The van der Waals surface area contributed by atoms with Gasteiger partial charge in [0.2, 0.25) is 0 Å². The monoisotopic (exact) mass is 274 g/mol. The zero-order valence-electron chi connectivity index (χ0n) is 10.7. The Morgan fingerprint density at radius 3 is 2.33 bits per heavy atom. The van der Waals surface area contributed by atoms with Crippen LogP contribution in [-0.2, 0) is 16.1 Å². The molecule has 1 N–H and O–H groups in total. The van der Waals surface area contributed by atoms with Gasteiger partial charge in [-0.15, -0.1) is 0 Å². The number of aliphatic hydroxyl groups is 1. The van der Waals surface area contributed by atoms with E-state index in [1.807, 2.05) is 11.0 Å². The van der Waals surface area contributed by atoms with E-state index in [-0.39, 0.29) is 6.61 Å². The zero-order chi connectivity index (χ0) is 13.4. The van der Waals surface area contributed by atoms with Crippen molar-refractivity contribution in [2.45, 2.75) is 6.61 Å². The van der Waals surface area contributed by atoms with Crippen molar-refractivity contribution in [2.75, 3.05) is 45.4 Å². The maximum Gasteiger partial charge on any atom is 0.129 e. The minimum Gasteiger partial charge on any atom is -0.390 e. The molecule has 0 saturated carbocycles. The lowest BCUT2D eigenvalue weighted by atomic mass is 10.3. The number of hydrogen-bond donors (Lipinski definition) is 1. The molecule has 1 heterocycles. The van der Waals surface area contributed by atoms with Crippen LogP contribution in [0.2, 0.25) is 5.02 Å². The normalized spacial score (nSPS) is 10.7. The van der Waals surface area contributed by atoms with Crippen LogP contribution in [-0.4, -0.2) is 50.6 Å². The first-order chi connectivity index (χ1) is 8.72. The van der Waals surface area contributed by atoms with Crippen LogP contribution in [0.1, 0.15) is 5.69 Å². The summed E-state index contributed by atoms with van der Waals surface area (Å²) in [7, 11) is 3.31. The van der Waals surface area contributed by atoms with Gasteiger partial charge in [0.1, 0.15) is 5.82 Å². The summed E-state index contributed by atoms with van der Waals surface area (Å²) in [4.78, 5) is 6.36. The van der Waals surface area contributed by atoms with E-state index < -0.39 is 0 Å². The Balaban J connectivity index is 2.82. The highest BCUT2D eigenvalue weighted by atomic mass is 35.5. The Hall–Kier alpha value is -0.880. The zero-order valence-corrected chi connectivity index (χ0v) is 11.5. The average Bonchev–Trinajstić information content (AvgIpc) is 2.40. The van der Waals surface area contributed by atoms with Gasteiger partial charge in [-0.3, -0.25) is 0 Å². The van der Waals surface area contributed by atoms with E-state index in [0.29, 0.717) is 37.0 Å². The van der Waals surface area contributed by atoms with E-state index in [9.17, 15) is 0 Å². The third-order valence-corrected chi connectivity index (χ3v) is 2.85. The van der Waals surface area contributed by atoms with Crippen molar-refractivity contribution in [2.24, 2.45) is 0 Å². The Morgan fingerprint density at radius 2 is 1.83 bits per heavy atom. The van der Waals surface area contributed by atoms with E-state index in [2.05, 4.69) is 4.98 Å². The van der Waals surface area contributed by atoms with Crippen molar-refractivity contribution in [3.05, 3.63) is 22.8 Å². The molecule has 1 rings (SSSR count). The first kappa shape index (κ1) is 15.2. The standard InChI is InChI=1S/C12H19ClN2O3/c1-17-7-5-15(6-8-18-2)12-4-3-10(13)11(9-16)14-12/h3-4,16H,5-9H2,1-2H3. The third-order valence-electron chi connectivity index (χ3n) is 2.51. The van der Waals surface area contributed by atoms with Gasteiger partial charge in [-0.25, -0.2) is 4.98 Å². The molecule has 0 aliphatic carbocycles. The number of aliphatic hydroxyl groups excluding tert-OH is 1. The number of anilines is 1. The number of rotatable bonds is 8. The van der Waals surface area contributed by atoms with Crippen LogP contribution in [0.15, 0.2) is 12.1 Å². The van der Waals surface area contributed by atoms with Crippen LogP contribution < -0.4 is 4.90 Å². The molecule has 1 aromatic rings. The summed E-state index contributed by atoms with van der Waals surface area (Å²) >= 11 is 5.92. The summed E-state index contributed by atoms with van der Waals surface area (Å²) < 4.78 is 10.1. The smallest absolute Gasteiger partial charge is 0.129 e. The average molecular weight is 275 g/mol. The molecule has 0 aliphatic heterocycles. The summed E-state index contributed by atoms with van der Waals surface area (Å²) in [5, 5.41) is 9.63. The quantitative estimate of drug-likeness (QED) is 0.775. The Labute approximate surface area is 112 Å². The van der Waals surface area contributed by atoms with E-state index in [4.69, 9.17) is 26.2 Å². The molecular weight excluding hydrogens is 256 g/mol. The number of pyridine rings is 1. The lowest BCUT2D eigenvalue weighted by molar-refractivity contribution is 0.190. The van der Waals surface area contributed by atoms with Crippen LogP contribution in [0.5, 0.6) is 0 Å². The van der Waals surface area contributed by atoms with Crippen molar-refractivity contribution in [1.29, 1.82) is 0 Å². The second-order valence-electron chi connectivity index (χ2n) is 3.73. The fraction of sp³-hybridized carbons (Fsp3) is 0.583. The molecule has 0 bridgehead atoms. The minimum atomic E-state index is -0.172. The topological polar surface area (TPSA) is 54.8 Å². The summed E-state index contributed by atoms with van der Waals surface area (Å²) in [6, 6.07) is 3.56. The Bertz CT molecular complexity index is 355. The molecule has 0 aromatic carbocycles. The van der Waals surface area contributed by atoms with Crippen LogP contribution in [0.4, 0.5) is 5.82 Å². The van der Waals surface area contributed by atoms with Crippen LogP contribution in [0.25, 0.3) is 0 Å². The number of hydrogen-bond acceptors (Lipinski definition) is 5. The van der Waals surface area contributed by atoms with Gasteiger partial charge in [0.15, 0.2) is 0 Å². The summed E-state index contributed by atoms with van der Waals surface area (Å²) in [5.41, 5.74) is 0.481. The maximum atomic E-state index is 9.16. The number of ether oxygens (including phenoxy) is 2. The molecule has 18 heavy (non-hydrogen) atoms. The van der Waals surface area contributed by atoms with Crippen molar-refractivity contribution in [1.82, 2.24) is 4.98 Å². The molecule has 0 unspecified atom stereocenters. The molecule has 0 radical (unpaired) electrons.